The Hall–Kier alpha value is -2.39. The fraction of sp³-hybridized carbons (Fsp3) is 0.412. The third-order valence-corrected chi connectivity index (χ3v) is 6.54. The molecule has 1 aliphatic rings. The molecule has 1 aromatic heterocycles. The number of carbonyl (C=O) groups excluding carboxylic acids is 1. The van der Waals surface area contributed by atoms with Gasteiger partial charge < -0.3 is 14.7 Å². The summed E-state index contributed by atoms with van der Waals surface area (Å²) >= 11 is 0. The molecule has 2 aromatic rings. The van der Waals surface area contributed by atoms with E-state index in [9.17, 15) is 13.2 Å². The van der Waals surface area contributed by atoms with Crippen molar-refractivity contribution in [1.29, 1.82) is 0 Å². The van der Waals surface area contributed by atoms with Crippen molar-refractivity contribution in [2.24, 2.45) is 0 Å². The van der Waals surface area contributed by atoms with E-state index in [1.807, 2.05) is 31.2 Å². The van der Waals surface area contributed by atoms with Crippen LogP contribution in [0, 0.1) is 20.8 Å². The van der Waals surface area contributed by atoms with Gasteiger partial charge in [-0.25, -0.2) is 13.2 Å². The first-order valence-electron chi connectivity index (χ1n) is 8.34. The Labute approximate surface area is 152 Å². The molecule has 0 spiro atoms. The Morgan fingerprint density at radius 3 is 2.23 bits per heavy atom. The smallest absolute Gasteiger partial charge is 0.321 e. The summed E-state index contributed by atoms with van der Waals surface area (Å²) in [6.45, 7) is 6.26. The second-order valence-corrected chi connectivity index (χ2v) is 8.22. The number of hydrogen-bond acceptors (Lipinski definition) is 5. The number of nitrogens with one attached hydrogen (secondary N) is 1. The molecule has 1 fully saturated rings. The van der Waals surface area contributed by atoms with Crippen LogP contribution in [0.25, 0.3) is 0 Å². The minimum absolute atomic E-state index is 0.120. The molecule has 0 atom stereocenters. The minimum atomic E-state index is -3.67. The molecule has 0 radical (unpaired) electrons. The number of rotatable bonds is 3. The number of urea groups is 1. The van der Waals surface area contributed by atoms with Crippen molar-refractivity contribution in [2.75, 3.05) is 31.5 Å². The van der Waals surface area contributed by atoms with Crippen LogP contribution in [0.2, 0.25) is 0 Å². The van der Waals surface area contributed by atoms with Gasteiger partial charge in [0, 0.05) is 31.9 Å². The molecule has 0 saturated carbocycles. The maximum Gasteiger partial charge on any atom is 0.321 e. The zero-order chi connectivity index (χ0) is 18.9. The molecule has 1 aliphatic heterocycles. The number of anilines is 1. The molecule has 8 nitrogen and oxygen atoms in total. The molecular formula is C17H22N4O4S. The molecule has 0 bridgehead atoms. The van der Waals surface area contributed by atoms with E-state index in [-0.39, 0.29) is 29.8 Å². The Morgan fingerprint density at radius 2 is 1.69 bits per heavy atom. The van der Waals surface area contributed by atoms with Crippen LogP contribution >= 0.6 is 0 Å². The first kappa shape index (κ1) is 18.4. The standard InChI is InChI=1S/C17H22N4O4S/c1-12-4-6-15(7-5-12)18-17(22)20-8-10-21(11-9-20)26(23,24)16-13(2)19-25-14(16)3/h4-7H,8-11H2,1-3H3,(H,18,22). The average molecular weight is 378 g/mol. The van der Waals surface area contributed by atoms with E-state index in [4.69, 9.17) is 4.52 Å². The van der Waals surface area contributed by atoms with Gasteiger partial charge in [-0.1, -0.05) is 22.9 Å². The van der Waals surface area contributed by atoms with Crippen LogP contribution in [0.1, 0.15) is 17.0 Å². The number of sulfonamides is 1. The highest BCUT2D eigenvalue weighted by Gasteiger charge is 2.34. The fourth-order valence-electron chi connectivity index (χ4n) is 2.94. The minimum Gasteiger partial charge on any atom is -0.360 e. The maximum atomic E-state index is 12.8. The quantitative estimate of drug-likeness (QED) is 0.883. The highest BCUT2D eigenvalue weighted by Crippen LogP contribution is 2.24. The zero-order valence-corrected chi connectivity index (χ0v) is 15.8. The largest absolute Gasteiger partial charge is 0.360 e. The summed E-state index contributed by atoms with van der Waals surface area (Å²) < 4.78 is 31.9. The maximum absolute atomic E-state index is 12.8. The van der Waals surface area contributed by atoms with Gasteiger partial charge in [-0.15, -0.1) is 0 Å². The molecular weight excluding hydrogens is 356 g/mol. The lowest BCUT2D eigenvalue weighted by Gasteiger charge is -2.33. The van der Waals surface area contributed by atoms with E-state index < -0.39 is 10.0 Å². The number of carbonyl (C=O) groups is 1. The molecule has 9 heteroatoms. The Bertz CT molecular complexity index is 878. The van der Waals surface area contributed by atoms with E-state index in [0.29, 0.717) is 24.5 Å². The molecule has 2 amide bonds. The number of benzene rings is 1. The topological polar surface area (TPSA) is 95.8 Å². The van der Waals surface area contributed by atoms with E-state index in [1.165, 1.54) is 4.31 Å². The number of amides is 2. The van der Waals surface area contributed by atoms with Crippen LogP contribution in [-0.4, -0.2) is 55.0 Å². The summed E-state index contributed by atoms with van der Waals surface area (Å²) in [6.07, 6.45) is 0. The molecule has 0 aliphatic carbocycles. The van der Waals surface area contributed by atoms with Crippen molar-refractivity contribution < 1.29 is 17.7 Å². The number of nitrogens with zero attached hydrogens (tertiary/aromatic N) is 3. The van der Waals surface area contributed by atoms with Gasteiger partial charge in [0.25, 0.3) is 0 Å². The van der Waals surface area contributed by atoms with Gasteiger partial charge in [-0.2, -0.15) is 4.31 Å². The van der Waals surface area contributed by atoms with Gasteiger partial charge >= 0.3 is 6.03 Å². The average Bonchev–Trinajstić information content (AvgIpc) is 2.96. The second kappa shape index (κ2) is 7.08. The van der Waals surface area contributed by atoms with Gasteiger partial charge in [-0.3, -0.25) is 0 Å². The highest BCUT2D eigenvalue weighted by atomic mass is 32.2. The van der Waals surface area contributed by atoms with E-state index in [1.54, 1.807) is 18.7 Å². The molecule has 26 heavy (non-hydrogen) atoms. The summed E-state index contributed by atoms with van der Waals surface area (Å²) in [5, 5.41) is 6.55. The number of hydrogen-bond donors (Lipinski definition) is 1. The van der Waals surface area contributed by atoms with E-state index >= 15 is 0 Å². The summed E-state index contributed by atoms with van der Waals surface area (Å²) in [7, 11) is -3.67. The van der Waals surface area contributed by atoms with Gasteiger partial charge in [0.1, 0.15) is 10.6 Å². The number of aryl methyl sites for hydroxylation is 3. The van der Waals surface area contributed by atoms with Crippen LogP contribution in [0.5, 0.6) is 0 Å². The SMILES string of the molecule is Cc1ccc(NC(=O)N2CCN(S(=O)(=O)c3c(C)noc3C)CC2)cc1. The molecule has 1 N–H and O–H groups in total. The van der Waals surface area contributed by atoms with Crippen molar-refractivity contribution >= 4 is 21.7 Å². The van der Waals surface area contributed by atoms with Crippen LogP contribution in [0.15, 0.2) is 33.7 Å². The van der Waals surface area contributed by atoms with Gasteiger partial charge in [0.2, 0.25) is 10.0 Å². The monoisotopic (exact) mass is 378 g/mol. The van der Waals surface area contributed by atoms with E-state index in [2.05, 4.69) is 10.5 Å². The third kappa shape index (κ3) is 3.58. The zero-order valence-electron chi connectivity index (χ0n) is 15.0. The van der Waals surface area contributed by atoms with Gasteiger partial charge in [-0.05, 0) is 32.9 Å². The van der Waals surface area contributed by atoms with Gasteiger partial charge in [0.05, 0.1) is 0 Å². The normalized spacial score (nSPS) is 15.9. The third-order valence-electron chi connectivity index (χ3n) is 4.39. The predicted octanol–water partition coefficient (Wildman–Crippen LogP) is 2.14. The predicted molar refractivity (Wildman–Crippen MR) is 96.5 cm³/mol. The summed E-state index contributed by atoms with van der Waals surface area (Å²) in [6, 6.07) is 7.29. The molecule has 140 valence electrons. The van der Waals surface area contributed by atoms with Crippen LogP contribution < -0.4 is 5.32 Å². The van der Waals surface area contributed by atoms with Crippen LogP contribution in [0.4, 0.5) is 10.5 Å². The summed E-state index contributed by atoms with van der Waals surface area (Å²) in [5.74, 6) is 0.280. The first-order chi connectivity index (χ1) is 12.3. The Balaban J connectivity index is 1.63. The summed E-state index contributed by atoms with van der Waals surface area (Å²) in [4.78, 5) is 14.1. The first-order valence-corrected chi connectivity index (χ1v) is 9.78. The molecule has 2 heterocycles. The Kier molecular flexibility index (Phi) is 5.01. The molecule has 0 unspecified atom stereocenters. The number of aromatic nitrogens is 1. The molecule has 1 aromatic carbocycles. The van der Waals surface area contributed by atoms with Crippen molar-refractivity contribution in [1.82, 2.24) is 14.4 Å². The van der Waals surface area contributed by atoms with Crippen molar-refractivity contribution in [2.45, 2.75) is 25.7 Å². The highest BCUT2D eigenvalue weighted by molar-refractivity contribution is 7.89. The van der Waals surface area contributed by atoms with Gasteiger partial charge in [0.15, 0.2) is 5.76 Å². The van der Waals surface area contributed by atoms with Crippen LogP contribution in [-0.2, 0) is 10.0 Å². The fourth-order valence-corrected chi connectivity index (χ4v) is 4.66. The lowest BCUT2D eigenvalue weighted by molar-refractivity contribution is 0.184. The summed E-state index contributed by atoms with van der Waals surface area (Å²) in [5.41, 5.74) is 2.18. The number of piperazine rings is 1. The van der Waals surface area contributed by atoms with Crippen LogP contribution in [0.3, 0.4) is 0 Å². The Morgan fingerprint density at radius 1 is 1.08 bits per heavy atom. The van der Waals surface area contributed by atoms with Crippen molar-refractivity contribution in [3.8, 4) is 0 Å². The molecule has 3 rings (SSSR count). The second-order valence-electron chi connectivity index (χ2n) is 6.34. The lowest BCUT2D eigenvalue weighted by Crippen LogP contribution is -2.51. The lowest BCUT2D eigenvalue weighted by atomic mass is 10.2. The molecule has 1 saturated heterocycles. The van der Waals surface area contributed by atoms with Crippen molar-refractivity contribution in [3.63, 3.8) is 0 Å². The van der Waals surface area contributed by atoms with E-state index in [0.717, 1.165) is 5.56 Å². The van der Waals surface area contributed by atoms with Crippen molar-refractivity contribution in [3.05, 3.63) is 41.3 Å².